The molecule has 22 heavy (non-hydrogen) atoms. The smallest absolute Gasteiger partial charge is 0.273 e. The molecule has 0 fully saturated rings. The molecule has 1 aliphatic heterocycles. The maximum atomic E-state index is 12.6. The molecule has 1 atom stereocenters. The summed E-state index contributed by atoms with van der Waals surface area (Å²) in [4.78, 5) is 10.4. The van der Waals surface area contributed by atoms with Gasteiger partial charge in [-0.25, -0.2) is 8.42 Å². The average molecular weight is 323 g/mol. The Balaban J connectivity index is 2.36. The van der Waals surface area contributed by atoms with E-state index in [0.29, 0.717) is 12.0 Å². The first-order chi connectivity index (χ1) is 10.4. The molecule has 1 aliphatic rings. The molecule has 1 unspecified atom stereocenters. The van der Waals surface area contributed by atoms with E-state index in [-0.39, 0.29) is 17.8 Å². The number of nitrogens with zero attached hydrogens (tertiary/aromatic N) is 2. The summed E-state index contributed by atoms with van der Waals surface area (Å²) in [5, 5.41) is 11.0. The number of rotatable bonds is 5. The van der Waals surface area contributed by atoms with Crippen molar-refractivity contribution in [2.75, 3.05) is 6.54 Å². The number of nitro benzene ring substituents is 1. The van der Waals surface area contributed by atoms with Crippen LogP contribution in [0.15, 0.2) is 48.7 Å². The molecule has 0 amide bonds. The van der Waals surface area contributed by atoms with Crippen LogP contribution in [-0.2, 0) is 15.8 Å². The maximum Gasteiger partial charge on any atom is 0.273 e. The van der Waals surface area contributed by atoms with E-state index in [0.717, 1.165) is 4.31 Å². The van der Waals surface area contributed by atoms with Gasteiger partial charge in [-0.3, -0.25) is 14.4 Å². The van der Waals surface area contributed by atoms with Crippen molar-refractivity contribution in [2.45, 2.75) is 18.2 Å². The van der Waals surface area contributed by atoms with Crippen LogP contribution in [0.1, 0.15) is 12.0 Å². The second-order valence-electron chi connectivity index (χ2n) is 4.97. The third kappa shape index (κ3) is 3.18. The second-order valence-corrected chi connectivity index (χ2v) is 6.84. The van der Waals surface area contributed by atoms with Gasteiger partial charge in [-0.1, -0.05) is 30.9 Å². The SMILES string of the molecule is C=C1CC=CN(S(=O)(=O)Cc2ccccc2[N+](=O)[O-])C1CN. The Morgan fingerprint density at radius 1 is 1.41 bits per heavy atom. The van der Waals surface area contributed by atoms with Gasteiger partial charge < -0.3 is 5.73 Å². The lowest BCUT2D eigenvalue weighted by molar-refractivity contribution is -0.385. The van der Waals surface area contributed by atoms with Crippen molar-refractivity contribution in [3.05, 3.63) is 64.4 Å². The molecular weight excluding hydrogens is 306 g/mol. The van der Waals surface area contributed by atoms with Gasteiger partial charge in [0.2, 0.25) is 10.0 Å². The van der Waals surface area contributed by atoms with E-state index in [1.54, 1.807) is 12.1 Å². The van der Waals surface area contributed by atoms with Crippen LogP contribution in [-0.4, -0.2) is 30.2 Å². The van der Waals surface area contributed by atoms with Crippen LogP contribution in [0.4, 0.5) is 5.69 Å². The number of hydrogen-bond acceptors (Lipinski definition) is 5. The number of nitro groups is 1. The van der Waals surface area contributed by atoms with Gasteiger partial charge in [0.05, 0.1) is 11.0 Å². The first kappa shape index (κ1) is 16.2. The van der Waals surface area contributed by atoms with Gasteiger partial charge in [0, 0.05) is 24.4 Å². The molecule has 7 nitrogen and oxygen atoms in total. The fraction of sp³-hybridized carbons (Fsp3) is 0.286. The van der Waals surface area contributed by atoms with E-state index in [2.05, 4.69) is 6.58 Å². The summed E-state index contributed by atoms with van der Waals surface area (Å²) in [5.41, 5.74) is 6.28. The molecular formula is C14H17N3O4S. The normalized spacial score (nSPS) is 18.5. The van der Waals surface area contributed by atoms with Crippen molar-refractivity contribution in [2.24, 2.45) is 5.73 Å². The summed E-state index contributed by atoms with van der Waals surface area (Å²) >= 11 is 0. The number of benzene rings is 1. The molecule has 118 valence electrons. The summed E-state index contributed by atoms with van der Waals surface area (Å²) < 4.78 is 26.3. The van der Waals surface area contributed by atoms with Crippen LogP contribution in [0.25, 0.3) is 0 Å². The highest BCUT2D eigenvalue weighted by Gasteiger charge is 2.31. The topological polar surface area (TPSA) is 107 Å². The van der Waals surface area contributed by atoms with Gasteiger partial charge in [-0.15, -0.1) is 0 Å². The van der Waals surface area contributed by atoms with Crippen LogP contribution in [0.3, 0.4) is 0 Å². The van der Waals surface area contributed by atoms with E-state index in [9.17, 15) is 18.5 Å². The molecule has 0 aliphatic carbocycles. The first-order valence-corrected chi connectivity index (χ1v) is 8.25. The number of nitrogens with two attached hydrogens (primary N) is 1. The van der Waals surface area contributed by atoms with E-state index in [4.69, 9.17) is 5.73 Å². The van der Waals surface area contributed by atoms with Gasteiger partial charge in [0.25, 0.3) is 5.69 Å². The molecule has 2 N–H and O–H groups in total. The number of allylic oxidation sites excluding steroid dienone is 1. The molecule has 0 saturated heterocycles. The van der Waals surface area contributed by atoms with Crippen molar-refractivity contribution in [3.8, 4) is 0 Å². The Hall–Kier alpha value is -2.19. The summed E-state index contributed by atoms with van der Waals surface area (Å²) in [7, 11) is -3.79. The molecule has 1 heterocycles. The molecule has 0 radical (unpaired) electrons. The fourth-order valence-electron chi connectivity index (χ4n) is 2.37. The summed E-state index contributed by atoms with van der Waals surface area (Å²) in [6.45, 7) is 3.95. The van der Waals surface area contributed by atoms with Crippen molar-refractivity contribution in [3.63, 3.8) is 0 Å². The van der Waals surface area contributed by atoms with Crippen molar-refractivity contribution in [1.82, 2.24) is 4.31 Å². The Bertz CT molecular complexity index is 727. The minimum absolute atomic E-state index is 0.110. The predicted octanol–water partition coefficient (Wildman–Crippen LogP) is 1.53. The third-order valence-electron chi connectivity index (χ3n) is 3.48. The van der Waals surface area contributed by atoms with Crippen LogP contribution < -0.4 is 5.73 Å². The van der Waals surface area contributed by atoms with E-state index in [1.165, 1.54) is 24.4 Å². The quantitative estimate of drug-likeness (QED) is 0.502. The van der Waals surface area contributed by atoms with Crippen LogP contribution in [0.2, 0.25) is 0 Å². The zero-order chi connectivity index (χ0) is 16.3. The van der Waals surface area contributed by atoms with Gasteiger partial charge in [-0.05, 0) is 12.0 Å². The molecule has 1 aromatic rings. The lowest BCUT2D eigenvalue weighted by Crippen LogP contribution is -2.44. The van der Waals surface area contributed by atoms with Crippen molar-refractivity contribution < 1.29 is 13.3 Å². The summed E-state index contributed by atoms with van der Waals surface area (Å²) in [5.74, 6) is -0.460. The Kier molecular flexibility index (Phi) is 4.62. The van der Waals surface area contributed by atoms with Gasteiger partial charge in [0.1, 0.15) is 5.75 Å². The van der Waals surface area contributed by atoms with E-state index in [1.807, 2.05) is 0 Å². The molecule has 0 bridgehead atoms. The largest absolute Gasteiger partial charge is 0.328 e. The first-order valence-electron chi connectivity index (χ1n) is 6.64. The highest BCUT2D eigenvalue weighted by atomic mass is 32.2. The van der Waals surface area contributed by atoms with Gasteiger partial charge >= 0.3 is 0 Å². The van der Waals surface area contributed by atoms with Crippen LogP contribution in [0.5, 0.6) is 0 Å². The molecule has 0 saturated carbocycles. The van der Waals surface area contributed by atoms with Gasteiger partial charge in [-0.2, -0.15) is 0 Å². The molecule has 1 aromatic carbocycles. The minimum Gasteiger partial charge on any atom is -0.328 e. The van der Waals surface area contributed by atoms with Crippen LogP contribution in [0, 0.1) is 10.1 Å². The zero-order valence-corrected chi connectivity index (χ0v) is 12.7. The summed E-state index contributed by atoms with van der Waals surface area (Å²) in [6, 6.07) is 5.28. The highest BCUT2D eigenvalue weighted by Crippen LogP contribution is 2.26. The lowest BCUT2D eigenvalue weighted by atomic mass is 10.0. The number of para-hydroxylation sites is 1. The molecule has 0 aromatic heterocycles. The molecule has 0 spiro atoms. The molecule has 2 rings (SSSR count). The maximum absolute atomic E-state index is 12.6. The zero-order valence-electron chi connectivity index (χ0n) is 11.9. The highest BCUT2D eigenvalue weighted by molar-refractivity contribution is 7.88. The predicted molar refractivity (Wildman–Crippen MR) is 83.3 cm³/mol. The monoisotopic (exact) mass is 323 g/mol. The second kappa shape index (κ2) is 6.29. The third-order valence-corrected chi connectivity index (χ3v) is 5.18. The number of hydrogen-bond donors (Lipinski definition) is 1. The summed E-state index contributed by atoms with van der Waals surface area (Å²) in [6.07, 6.45) is 3.71. The minimum atomic E-state index is -3.79. The van der Waals surface area contributed by atoms with Crippen molar-refractivity contribution >= 4 is 15.7 Å². The van der Waals surface area contributed by atoms with Crippen LogP contribution >= 0.6 is 0 Å². The standard InChI is InChI=1S/C14H17N3O4S/c1-11-5-4-8-16(14(11)9-15)22(20,21)10-12-6-2-3-7-13(12)17(18)19/h2-4,6-8,14H,1,5,9-10,15H2. The molecule has 8 heteroatoms. The Morgan fingerprint density at radius 2 is 2.09 bits per heavy atom. The number of sulfonamides is 1. The average Bonchev–Trinajstić information content (AvgIpc) is 2.46. The Morgan fingerprint density at radius 3 is 2.73 bits per heavy atom. The Labute approximate surface area is 128 Å². The van der Waals surface area contributed by atoms with E-state index < -0.39 is 26.7 Å². The van der Waals surface area contributed by atoms with Gasteiger partial charge in [0.15, 0.2) is 0 Å². The lowest BCUT2D eigenvalue weighted by Gasteiger charge is -2.33. The van der Waals surface area contributed by atoms with E-state index >= 15 is 0 Å². The fourth-order valence-corrected chi connectivity index (χ4v) is 4.05. The van der Waals surface area contributed by atoms with Crippen molar-refractivity contribution in [1.29, 1.82) is 0 Å².